The fraction of sp³-hybridized carbons (Fsp3) is 0.667. The molecule has 156 valence electrons. The minimum absolute atomic E-state index is 0.156. The maximum atomic E-state index is 11.5. The van der Waals surface area contributed by atoms with Gasteiger partial charge in [0, 0.05) is 26.0 Å². The third-order valence-electron chi connectivity index (χ3n) is 3.75. The molecule has 1 aromatic heterocycles. The standard InChI is InChI=1S/C9H16ClN3O2.C6H10N6O/c10-6-7-13(12-15)9(14)11-8-4-2-1-3-5-8;1-12(2)11-10-6-4(5(7)13)8-3-9-6/h8H,1-7H2,(H,11,14);3H,1-2H3,(H2,7,13)(H,8,9). The summed E-state index contributed by atoms with van der Waals surface area (Å²) in [6.45, 7) is 0.156. The topological polar surface area (TPSA) is 161 Å². The molecule has 3 amide bonds. The van der Waals surface area contributed by atoms with Crippen molar-refractivity contribution in [2.45, 2.75) is 38.1 Å². The molecule has 28 heavy (non-hydrogen) atoms. The molecule has 1 aliphatic rings. The maximum absolute atomic E-state index is 11.5. The highest BCUT2D eigenvalue weighted by Gasteiger charge is 2.19. The molecule has 13 heteroatoms. The van der Waals surface area contributed by atoms with Crippen LogP contribution in [-0.4, -0.2) is 64.5 Å². The average Bonchev–Trinajstić information content (AvgIpc) is 3.14. The Kier molecular flexibility index (Phi) is 10.5. The number of nitrogens with zero attached hydrogens (tertiary/aromatic N) is 6. The normalized spacial score (nSPS) is 14.1. The number of amides is 3. The number of hydrogen-bond donors (Lipinski definition) is 3. The van der Waals surface area contributed by atoms with Gasteiger partial charge < -0.3 is 16.0 Å². The summed E-state index contributed by atoms with van der Waals surface area (Å²) in [7, 11) is 3.42. The van der Waals surface area contributed by atoms with Crippen LogP contribution in [-0.2, 0) is 0 Å². The lowest BCUT2D eigenvalue weighted by Crippen LogP contribution is -2.43. The van der Waals surface area contributed by atoms with Crippen molar-refractivity contribution in [3.63, 3.8) is 0 Å². The van der Waals surface area contributed by atoms with E-state index in [1.165, 1.54) is 17.8 Å². The predicted octanol–water partition coefficient (Wildman–Crippen LogP) is 2.32. The van der Waals surface area contributed by atoms with Crippen molar-refractivity contribution in [3.8, 4) is 0 Å². The van der Waals surface area contributed by atoms with E-state index in [-0.39, 0.29) is 30.0 Å². The van der Waals surface area contributed by atoms with Crippen LogP contribution in [0.4, 0.5) is 10.6 Å². The number of nitrogens with two attached hydrogens (primary N) is 1. The number of carbonyl (C=O) groups excluding carboxylic acids is 2. The van der Waals surface area contributed by atoms with Crippen LogP contribution in [0.3, 0.4) is 0 Å². The highest BCUT2D eigenvalue weighted by molar-refractivity contribution is 6.18. The van der Waals surface area contributed by atoms with E-state index >= 15 is 0 Å². The Bertz CT molecular complexity index is 659. The number of alkyl halides is 1. The summed E-state index contributed by atoms with van der Waals surface area (Å²) in [6, 6.07) is -0.247. The Morgan fingerprint density at radius 3 is 2.57 bits per heavy atom. The molecule has 1 aliphatic carbocycles. The van der Waals surface area contributed by atoms with Gasteiger partial charge >= 0.3 is 6.03 Å². The zero-order valence-electron chi connectivity index (χ0n) is 16.0. The monoisotopic (exact) mass is 415 g/mol. The van der Waals surface area contributed by atoms with Gasteiger partial charge in [-0.05, 0) is 12.8 Å². The van der Waals surface area contributed by atoms with Gasteiger partial charge in [-0.15, -0.1) is 21.6 Å². The Hall–Kier alpha value is -2.76. The van der Waals surface area contributed by atoms with Gasteiger partial charge in [-0.3, -0.25) is 9.80 Å². The summed E-state index contributed by atoms with van der Waals surface area (Å²) >= 11 is 5.44. The SMILES string of the molecule is CN(C)N=Nc1nc[nH]c1C(N)=O.O=NN(CCCl)C(=O)NC1CCCCC1. The fourth-order valence-corrected chi connectivity index (χ4v) is 2.59. The molecule has 4 N–H and O–H groups in total. The summed E-state index contributed by atoms with van der Waals surface area (Å²) < 4.78 is 0. The molecule has 2 rings (SSSR count). The molecule has 0 bridgehead atoms. The van der Waals surface area contributed by atoms with E-state index < -0.39 is 11.9 Å². The minimum atomic E-state index is -0.606. The van der Waals surface area contributed by atoms with Crippen LogP contribution >= 0.6 is 11.6 Å². The number of primary amides is 1. The van der Waals surface area contributed by atoms with Gasteiger partial charge in [0.15, 0.2) is 5.69 Å². The van der Waals surface area contributed by atoms with Gasteiger partial charge in [-0.2, -0.15) is 5.01 Å². The van der Waals surface area contributed by atoms with Gasteiger partial charge in [0.05, 0.1) is 18.2 Å². The van der Waals surface area contributed by atoms with Crippen molar-refractivity contribution in [1.82, 2.24) is 25.3 Å². The lowest BCUT2D eigenvalue weighted by atomic mass is 9.96. The van der Waals surface area contributed by atoms with Gasteiger partial charge in [-0.1, -0.05) is 24.5 Å². The number of urea groups is 1. The third kappa shape index (κ3) is 8.29. The molecule has 1 saturated carbocycles. The van der Waals surface area contributed by atoms with Crippen molar-refractivity contribution in [3.05, 3.63) is 16.9 Å². The first-order chi connectivity index (χ1) is 13.4. The number of nitroso groups, excluding NO2 is 1. The van der Waals surface area contributed by atoms with Crippen molar-refractivity contribution >= 4 is 29.4 Å². The number of H-pyrrole nitrogens is 1. The highest BCUT2D eigenvalue weighted by atomic mass is 35.5. The van der Waals surface area contributed by atoms with Crippen LogP contribution in [0.1, 0.15) is 42.6 Å². The van der Waals surface area contributed by atoms with Crippen LogP contribution in [0.25, 0.3) is 0 Å². The zero-order valence-corrected chi connectivity index (χ0v) is 16.7. The van der Waals surface area contributed by atoms with E-state index in [1.54, 1.807) is 14.1 Å². The molecule has 12 nitrogen and oxygen atoms in total. The lowest BCUT2D eigenvalue weighted by Gasteiger charge is -2.24. The average molecular weight is 416 g/mol. The van der Waals surface area contributed by atoms with Gasteiger partial charge in [0.1, 0.15) is 0 Å². The van der Waals surface area contributed by atoms with E-state index in [1.807, 2.05) is 0 Å². The smallest absolute Gasteiger partial charge is 0.340 e. The van der Waals surface area contributed by atoms with E-state index in [0.29, 0.717) is 0 Å². The Morgan fingerprint density at radius 1 is 1.36 bits per heavy atom. The van der Waals surface area contributed by atoms with Crippen molar-refractivity contribution in [2.75, 3.05) is 26.5 Å². The number of hydrogen-bond acceptors (Lipinski definition) is 7. The number of aromatic amines is 1. The predicted molar refractivity (Wildman–Crippen MR) is 104 cm³/mol. The molecule has 0 aromatic carbocycles. The van der Waals surface area contributed by atoms with Gasteiger partial charge in [0.2, 0.25) is 5.82 Å². The lowest BCUT2D eigenvalue weighted by molar-refractivity contribution is 0.0996. The first-order valence-electron chi connectivity index (χ1n) is 8.78. The quantitative estimate of drug-likeness (QED) is 0.269. The molecular weight excluding hydrogens is 390 g/mol. The molecule has 0 aliphatic heterocycles. The first-order valence-corrected chi connectivity index (χ1v) is 9.31. The number of halogens is 1. The van der Waals surface area contributed by atoms with E-state index in [2.05, 4.69) is 30.9 Å². The van der Waals surface area contributed by atoms with Crippen molar-refractivity contribution < 1.29 is 9.59 Å². The second-order valence-corrected chi connectivity index (χ2v) is 6.56. The molecule has 1 heterocycles. The molecular formula is C15H26ClN9O3. The minimum Gasteiger partial charge on any atom is -0.364 e. The molecule has 0 atom stereocenters. The summed E-state index contributed by atoms with van der Waals surface area (Å²) in [5.74, 6) is -0.199. The van der Waals surface area contributed by atoms with Gasteiger partial charge in [-0.25, -0.2) is 9.78 Å². The molecule has 0 spiro atoms. The second-order valence-electron chi connectivity index (χ2n) is 6.18. The molecule has 0 saturated heterocycles. The summed E-state index contributed by atoms with van der Waals surface area (Å²) in [5.41, 5.74) is 5.20. The fourth-order valence-electron chi connectivity index (χ4n) is 2.43. The first kappa shape index (κ1) is 23.3. The maximum Gasteiger partial charge on any atom is 0.340 e. The summed E-state index contributed by atoms with van der Waals surface area (Å²) in [4.78, 5) is 38.9. The number of nitrogens with one attached hydrogen (secondary N) is 2. The van der Waals surface area contributed by atoms with E-state index in [4.69, 9.17) is 17.3 Å². The van der Waals surface area contributed by atoms with Crippen LogP contribution in [0.15, 0.2) is 22.0 Å². The molecule has 0 unspecified atom stereocenters. The van der Waals surface area contributed by atoms with Crippen LogP contribution in [0.5, 0.6) is 0 Å². The number of aromatic nitrogens is 2. The van der Waals surface area contributed by atoms with Crippen LogP contribution < -0.4 is 11.1 Å². The van der Waals surface area contributed by atoms with E-state index in [9.17, 15) is 14.5 Å². The zero-order chi connectivity index (χ0) is 20.9. The van der Waals surface area contributed by atoms with E-state index in [0.717, 1.165) is 30.7 Å². The molecule has 1 aromatic rings. The van der Waals surface area contributed by atoms with Gasteiger partial charge in [0.25, 0.3) is 5.91 Å². The highest BCUT2D eigenvalue weighted by Crippen LogP contribution is 2.17. The number of carbonyl (C=O) groups is 2. The van der Waals surface area contributed by atoms with Crippen molar-refractivity contribution in [1.29, 1.82) is 0 Å². The number of imidazole rings is 1. The third-order valence-corrected chi connectivity index (χ3v) is 3.92. The Morgan fingerprint density at radius 2 is 2.04 bits per heavy atom. The Balaban J connectivity index is 0.000000283. The Labute approximate surface area is 167 Å². The van der Waals surface area contributed by atoms with Crippen molar-refractivity contribution in [2.24, 2.45) is 21.4 Å². The van der Waals surface area contributed by atoms with Crippen LogP contribution in [0.2, 0.25) is 0 Å². The number of rotatable bonds is 7. The molecule has 0 radical (unpaired) electrons. The second kappa shape index (κ2) is 12.6. The van der Waals surface area contributed by atoms with Crippen LogP contribution in [0, 0.1) is 4.91 Å². The summed E-state index contributed by atoms with van der Waals surface area (Å²) in [5, 5.41) is 15.1. The summed E-state index contributed by atoms with van der Waals surface area (Å²) in [6.07, 6.45) is 6.80. The molecule has 1 fully saturated rings. The largest absolute Gasteiger partial charge is 0.364 e.